The molecule has 9 heteroatoms. The summed E-state index contributed by atoms with van der Waals surface area (Å²) in [5.74, 6) is 2.75. The van der Waals surface area contributed by atoms with Crippen LogP contribution in [0.1, 0.15) is 24.6 Å². The Labute approximate surface area is 149 Å². The van der Waals surface area contributed by atoms with E-state index in [9.17, 15) is 0 Å². The summed E-state index contributed by atoms with van der Waals surface area (Å²) in [6, 6.07) is 7.70. The zero-order chi connectivity index (χ0) is 17.5. The van der Waals surface area contributed by atoms with Crippen LogP contribution < -0.4 is 9.64 Å². The predicted octanol–water partition coefficient (Wildman–Crippen LogP) is 1.56. The van der Waals surface area contributed by atoms with Crippen LogP contribution >= 0.6 is 0 Å². The third-order valence-corrected chi connectivity index (χ3v) is 4.90. The van der Waals surface area contributed by atoms with Crippen LogP contribution in [0.4, 0.5) is 5.82 Å². The predicted molar refractivity (Wildman–Crippen MR) is 94.5 cm³/mol. The minimum Gasteiger partial charge on any atom is -0.480 e. The summed E-state index contributed by atoms with van der Waals surface area (Å²) in [5.41, 5.74) is 1.61. The van der Waals surface area contributed by atoms with Crippen molar-refractivity contribution < 1.29 is 4.74 Å². The van der Waals surface area contributed by atoms with E-state index in [0.717, 1.165) is 48.9 Å². The number of imidazole rings is 1. The van der Waals surface area contributed by atoms with Gasteiger partial charge in [0.1, 0.15) is 5.82 Å². The van der Waals surface area contributed by atoms with Gasteiger partial charge in [0.2, 0.25) is 5.88 Å². The molecule has 26 heavy (non-hydrogen) atoms. The lowest BCUT2D eigenvalue weighted by atomic mass is 9.96. The van der Waals surface area contributed by atoms with Crippen molar-refractivity contribution in [3.63, 3.8) is 0 Å². The number of nitrogens with zero attached hydrogens (tertiary/aromatic N) is 8. The zero-order valence-electron chi connectivity index (χ0n) is 14.4. The highest BCUT2D eigenvalue weighted by Gasteiger charge is 2.26. The van der Waals surface area contributed by atoms with Gasteiger partial charge in [-0.15, -0.1) is 20.4 Å². The number of methoxy groups -OCH3 is 1. The molecular formula is C17H18N8O. The molecule has 132 valence electrons. The molecule has 0 unspecified atom stereocenters. The Morgan fingerprint density at radius 1 is 1.00 bits per heavy atom. The number of aromatic nitrogens is 7. The van der Waals surface area contributed by atoms with E-state index >= 15 is 0 Å². The zero-order valence-corrected chi connectivity index (χ0v) is 14.4. The fourth-order valence-electron chi connectivity index (χ4n) is 3.49. The lowest BCUT2D eigenvalue weighted by Crippen LogP contribution is -2.34. The van der Waals surface area contributed by atoms with Gasteiger partial charge < -0.3 is 9.64 Å². The summed E-state index contributed by atoms with van der Waals surface area (Å²) in [6.07, 6.45) is 5.58. The van der Waals surface area contributed by atoms with Gasteiger partial charge in [-0.1, -0.05) is 0 Å². The van der Waals surface area contributed by atoms with Crippen LogP contribution in [0.25, 0.3) is 11.3 Å². The van der Waals surface area contributed by atoms with Gasteiger partial charge in [-0.25, -0.2) is 9.50 Å². The molecule has 0 aliphatic carbocycles. The Morgan fingerprint density at radius 2 is 1.85 bits per heavy atom. The van der Waals surface area contributed by atoms with Gasteiger partial charge in [0, 0.05) is 37.5 Å². The summed E-state index contributed by atoms with van der Waals surface area (Å²) in [7, 11) is 1.61. The molecule has 5 rings (SSSR count). The first-order valence-corrected chi connectivity index (χ1v) is 8.63. The lowest BCUT2D eigenvalue weighted by Gasteiger charge is -2.31. The van der Waals surface area contributed by atoms with Crippen molar-refractivity contribution in [1.29, 1.82) is 0 Å². The molecular weight excluding hydrogens is 332 g/mol. The fourth-order valence-corrected chi connectivity index (χ4v) is 3.49. The van der Waals surface area contributed by atoms with E-state index in [1.807, 2.05) is 28.9 Å². The number of hydrogen-bond acceptors (Lipinski definition) is 7. The van der Waals surface area contributed by atoms with Gasteiger partial charge in [-0.05, 0) is 31.0 Å². The largest absolute Gasteiger partial charge is 0.480 e. The molecule has 1 fully saturated rings. The standard InChI is InChI=1S/C17H18N8O/c1-26-16-5-4-14-19-20-17(25(14)22-16)12-6-9-23(10-7-12)15-3-2-13-18-8-11-24(13)21-15/h2-5,8,11-12H,6-7,9-10H2,1H3. The van der Waals surface area contributed by atoms with E-state index in [4.69, 9.17) is 4.74 Å². The lowest BCUT2D eigenvalue weighted by molar-refractivity contribution is 0.386. The summed E-state index contributed by atoms with van der Waals surface area (Å²) < 4.78 is 8.84. The number of rotatable bonds is 3. The fraction of sp³-hybridized carbons (Fsp3) is 0.353. The molecule has 1 saturated heterocycles. The number of ether oxygens (including phenoxy) is 1. The number of fused-ring (bicyclic) bond motifs is 2. The van der Waals surface area contributed by atoms with E-state index < -0.39 is 0 Å². The van der Waals surface area contributed by atoms with Gasteiger partial charge in [-0.3, -0.25) is 0 Å². The molecule has 0 amide bonds. The molecule has 0 atom stereocenters. The van der Waals surface area contributed by atoms with Crippen LogP contribution in [0.5, 0.6) is 5.88 Å². The van der Waals surface area contributed by atoms with Crippen molar-refractivity contribution >= 4 is 17.1 Å². The van der Waals surface area contributed by atoms with Crippen LogP contribution in [0.15, 0.2) is 36.7 Å². The molecule has 4 aromatic rings. The average molecular weight is 350 g/mol. The third-order valence-electron chi connectivity index (χ3n) is 4.90. The number of anilines is 1. The summed E-state index contributed by atoms with van der Waals surface area (Å²) >= 11 is 0. The molecule has 0 spiro atoms. The second kappa shape index (κ2) is 5.94. The van der Waals surface area contributed by atoms with Crippen LogP contribution in [0.2, 0.25) is 0 Å². The monoisotopic (exact) mass is 350 g/mol. The maximum absolute atomic E-state index is 5.23. The Hall–Kier alpha value is -3.23. The van der Waals surface area contributed by atoms with Crippen molar-refractivity contribution in [1.82, 2.24) is 34.4 Å². The topological polar surface area (TPSA) is 85.7 Å². The molecule has 0 bridgehead atoms. The van der Waals surface area contributed by atoms with E-state index in [1.54, 1.807) is 23.9 Å². The first-order chi connectivity index (χ1) is 12.8. The van der Waals surface area contributed by atoms with Crippen molar-refractivity contribution in [2.24, 2.45) is 0 Å². The first-order valence-electron chi connectivity index (χ1n) is 8.63. The SMILES string of the molecule is COc1ccc2nnc(C3CCN(c4ccc5nccn5n4)CC3)n2n1. The molecule has 1 aliphatic rings. The van der Waals surface area contributed by atoms with Crippen LogP contribution in [-0.2, 0) is 0 Å². The summed E-state index contributed by atoms with van der Waals surface area (Å²) in [5, 5.41) is 17.7. The van der Waals surface area contributed by atoms with Gasteiger partial charge in [-0.2, -0.15) is 4.52 Å². The normalized spacial score (nSPS) is 15.8. The second-order valence-corrected chi connectivity index (χ2v) is 6.39. The van der Waals surface area contributed by atoms with Crippen LogP contribution in [0, 0.1) is 0 Å². The van der Waals surface area contributed by atoms with Crippen molar-refractivity contribution in [2.75, 3.05) is 25.1 Å². The highest BCUT2D eigenvalue weighted by Crippen LogP contribution is 2.29. The maximum atomic E-state index is 5.23. The van der Waals surface area contributed by atoms with E-state index in [2.05, 4.69) is 30.3 Å². The Bertz CT molecular complexity index is 1060. The molecule has 5 heterocycles. The smallest absolute Gasteiger partial charge is 0.231 e. The average Bonchev–Trinajstić information content (AvgIpc) is 3.33. The van der Waals surface area contributed by atoms with E-state index in [-0.39, 0.29) is 0 Å². The molecule has 9 nitrogen and oxygen atoms in total. The molecule has 0 N–H and O–H groups in total. The maximum Gasteiger partial charge on any atom is 0.231 e. The van der Waals surface area contributed by atoms with E-state index in [1.165, 1.54) is 0 Å². The highest BCUT2D eigenvalue weighted by atomic mass is 16.5. The Balaban J connectivity index is 1.36. The third kappa shape index (κ3) is 2.43. The quantitative estimate of drug-likeness (QED) is 0.554. The minimum absolute atomic E-state index is 0.317. The molecule has 1 aliphatic heterocycles. The van der Waals surface area contributed by atoms with Gasteiger partial charge in [0.25, 0.3) is 0 Å². The van der Waals surface area contributed by atoms with Crippen LogP contribution in [-0.4, -0.2) is 54.6 Å². The van der Waals surface area contributed by atoms with Crippen molar-refractivity contribution in [3.05, 3.63) is 42.5 Å². The minimum atomic E-state index is 0.317. The molecule has 4 aromatic heterocycles. The highest BCUT2D eigenvalue weighted by molar-refractivity contribution is 5.46. The summed E-state index contributed by atoms with van der Waals surface area (Å²) in [6.45, 7) is 1.83. The van der Waals surface area contributed by atoms with Crippen molar-refractivity contribution in [2.45, 2.75) is 18.8 Å². The Morgan fingerprint density at radius 3 is 2.69 bits per heavy atom. The number of hydrogen-bond donors (Lipinski definition) is 0. The summed E-state index contributed by atoms with van der Waals surface area (Å²) in [4.78, 5) is 6.54. The van der Waals surface area contributed by atoms with Gasteiger partial charge in [0.05, 0.1) is 7.11 Å². The van der Waals surface area contributed by atoms with E-state index in [0.29, 0.717) is 11.8 Å². The molecule has 0 saturated carbocycles. The molecule has 0 aromatic carbocycles. The number of piperidine rings is 1. The van der Waals surface area contributed by atoms with Crippen LogP contribution in [0.3, 0.4) is 0 Å². The second-order valence-electron chi connectivity index (χ2n) is 6.39. The molecule has 0 radical (unpaired) electrons. The van der Waals surface area contributed by atoms with Gasteiger partial charge in [0.15, 0.2) is 17.1 Å². The first kappa shape index (κ1) is 15.1. The Kier molecular flexibility index (Phi) is 3.44. The van der Waals surface area contributed by atoms with Gasteiger partial charge >= 0.3 is 0 Å². The van der Waals surface area contributed by atoms with Crippen molar-refractivity contribution in [3.8, 4) is 5.88 Å².